The molecule has 1 aliphatic rings. The Morgan fingerprint density at radius 1 is 1.29 bits per heavy atom. The van der Waals surface area contributed by atoms with Crippen LogP contribution in [0, 0.1) is 11.8 Å². The molecule has 1 aliphatic carbocycles. The Balaban J connectivity index is 2.10. The zero-order valence-corrected chi connectivity index (χ0v) is 9.67. The van der Waals surface area contributed by atoms with Crippen molar-refractivity contribution in [3.63, 3.8) is 0 Å². The molecule has 1 saturated carbocycles. The number of nitrogens with zero attached hydrogens (tertiary/aromatic N) is 1. The molecule has 17 heavy (non-hydrogen) atoms. The largest absolute Gasteiger partial charge is 0.481 e. The highest BCUT2D eigenvalue weighted by molar-refractivity contribution is 6.00. The monoisotopic (exact) mass is 233 g/mol. The van der Waals surface area contributed by atoms with Crippen molar-refractivity contribution < 1.29 is 14.7 Å². The zero-order valence-electron chi connectivity index (χ0n) is 9.67. The highest BCUT2D eigenvalue weighted by Crippen LogP contribution is 2.40. The van der Waals surface area contributed by atoms with Crippen LogP contribution in [-0.4, -0.2) is 23.5 Å². The highest BCUT2D eigenvalue weighted by atomic mass is 16.4. The summed E-state index contributed by atoms with van der Waals surface area (Å²) in [5.74, 6) is -1.77. The summed E-state index contributed by atoms with van der Waals surface area (Å²) in [6, 6.07) is 9.35. The maximum absolute atomic E-state index is 12.1. The number of anilines is 1. The number of hydrogen-bond acceptors (Lipinski definition) is 2. The van der Waals surface area contributed by atoms with Crippen molar-refractivity contribution in [2.75, 3.05) is 11.4 Å². The van der Waals surface area contributed by atoms with Gasteiger partial charge in [-0.2, -0.15) is 0 Å². The molecule has 4 nitrogen and oxygen atoms in total. The van der Waals surface area contributed by atoms with Crippen molar-refractivity contribution in [2.24, 2.45) is 11.8 Å². The third-order valence-electron chi connectivity index (χ3n) is 3.07. The van der Waals surface area contributed by atoms with Crippen molar-refractivity contribution in [2.45, 2.75) is 13.3 Å². The third kappa shape index (κ3) is 2.30. The lowest BCUT2D eigenvalue weighted by Crippen LogP contribution is -2.32. The first-order valence-electron chi connectivity index (χ1n) is 5.74. The van der Waals surface area contributed by atoms with Crippen LogP contribution in [0.25, 0.3) is 0 Å². The van der Waals surface area contributed by atoms with E-state index in [1.54, 1.807) is 4.90 Å². The Bertz CT molecular complexity index is 430. The van der Waals surface area contributed by atoms with E-state index in [4.69, 9.17) is 5.11 Å². The summed E-state index contributed by atoms with van der Waals surface area (Å²) >= 11 is 0. The molecule has 1 aromatic carbocycles. The minimum absolute atomic E-state index is 0.0777. The molecule has 0 bridgehead atoms. The Hall–Kier alpha value is -1.84. The molecule has 1 aromatic rings. The van der Waals surface area contributed by atoms with Crippen LogP contribution in [0.2, 0.25) is 0 Å². The van der Waals surface area contributed by atoms with Crippen LogP contribution in [0.1, 0.15) is 13.3 Å². The fourth-order valence-corrected chi connectivity index (χ4v) is 2.01. The first-order chi connectivity index (χ1) is 8.15. The molecule has 0 heterocycles. The van der Waals surface area contributed by atoms with Gasteiger partial charge in [0.05, 0.1) is 11.8 Å². The van der Waals surface area contributed by atoms with Crippen LogP contribution in [0.5, 0.6) is 0 Å². The number of carboxylic acids is 1. The fraction of sp³-hybridized carbons (Fsp3) is 0.385. The molecule has 1 N–H and O–H groups in total. The summed E-state index contributed by atoms with van der Waals surface area (Å²) in [4.78, 5) is 24.5. The van der Waals surface area contributed by atoms with E-state index in [1.807, 2.05) is 37.3 Å². The van der Waals surface area contributed by atoms with Crippen molar-refractivity contribution in [3.05, 3.63) is 30.3 Å². The lowest BCUT2D eigenvalue weighted by Gasteiger charge is -2.20. The van der Waals surface area contributed by atoms with E-state index in [-0.39, 0.29) is 11.8 Å². The topological polar surface area (TPSA) is 57.6 Å². The Labute approximate surface area is 99.9 Å². The lowest BCUT2D eigenvalue weighted by molar-refractivity contribution is -0.140. The van der Waals surface area contributed by atoms with E-state index in [0.717, 1.165) is 5.69 Å². The Morgan fingerprint density at radius 2 is 1.94 bits per heavy atom. The molecule has 0 saturated heterocycles. The summed E-state index contributed by atoms with van der Waals surface area (Å²) in [6.07, 6.45) is 0.470. The lowest BCUT2D eigenvalue weighted by atomic mass is 10.2. The quantitative estimate of drug-likeness (QED) is 0.862. The zero-order chi connectivity index (χ0) is 12.4. The molecule has 4 heteroatoms. The van der Waals surface area contributed by atoms with Crippen molar-refractivity contribution in [3.8, 4) is 0 Å². The van der Waals surface area contributed by atoms with Crippen molar-refractivity contribution in [1.29, 1.82) is 0 Å². The van der Waals surface area contributed by atoms with Crippen molar-refractivity contribution >= 4 is 17.6 Å². The van der Waals surface area contributed by atoms with Gasteiger partial charge in [0.1, 0.15) is 0 Å². The van der Waals surface area contributed by atoms with E-state index in [2.05, 4.69) is 0 Å². The smallest absolute Gasteiger partial charge is 0.307 e. The second kappa shape index (κ2) is 4.57. The summed E-state index contributed by atoms with van der Waals surface area (Å²) < 4.78 is 0. The molecule has 0 unspecified atom stereocenters. The maximum atomic E-state index is 12.1. The summed E-state index contributed by atoms with van der Waals surface area (Å²) in [6.45, 7) is 2.45. The van der Waals surface area contributed by atoms with Gasteiger partial charge in [0, 0.05) is 12.2 Å². The molecule has 2 atom stereocenters. The molecule has 2 rings (SSSR count). The van der Waals surface area contributed by atoms with Gasteiger partial charge in [-0.25, -0.2) is 0 Å². The minimum atomic E-state index is -0.868. The summed E-state index contributed by atoms with van der Waals surface area (Å²) in [5, 5.41) is 8.83. The maximum Gasteiger partial charge on any atom is 0.307 e. The number of para-hydroxylation sites is 1. The predicted molar refractivity (Wildman–Crippen MR) is 63.7 cm³/mol. The molecule has 0 spiro atoms. The molecular weight excluding hydrogens is 218 g/mol. The predicted octanol–water partition coefficient (Wildman–Crippen LogP) is 1.76. The van der Waals surface area contributed by atoms with Gasteiger partial charge >= 0.3 is 5.97 Å². The van der Waals surface area contributed by atoms with Crippen LogP contribution < -0.4 is 4.90 Å². The van der Waals surface area contributed by atoms with Gasteiger partial charge in [-0.3, -0.25) is 9.59 Å². The summed E-state index contributed by atoms with van der Waals surface area (Å²) in [7, 11) is 0. The summed E-state index contributed by atoms with van der Waals surface area (Å²) in [5.41, 5.74) is 0.830. The first kappa shape index (κ1) is 11.6. The standard InChI is InChI=1S/C13H15NO3/c1-2-14(9-6-4-3-5-7-9)12(15)10-8-11(10)13(16)17/h3-7,10-11H,2,8H2,1H3,(H,16,17)/t10-,11-/m1/s1. The van der Waals surface area contributed by atoms with Gasteiger partial charge in [-0.15, -0.1) is 0 Å². The van der Waals surface area contributed by atoms with Gasteiger partial charge in [-0.1, -0.05) is 18.2 Å². The Morgan fingerprint density at radius 3 is 2.41 bits per heavy atom. The second-order valence-electron chi connectivity index (χ2n) is 4.20. The highest BCUT2D eigenvalue weighted by Gasteiger charge is 2.49. The average molecular weight is 233 g/mol. The molecule has 1 fully saturated rings. The number of rotatable bonds is 4. The normalized spacial score (nSPS) is 21.9. The van der Waals surface area contributed by atoms with Gasteiger partial charge in [0.15, 0.2) is 0 Å². The van der Waals surface area contributed by atoms with E-state index >= 15 is 0 Å². The number of benzene rings is 1. The number of aliphatic carboxylic acids is 1. The van der Waals surface area contributed by atoms with Crippen molar-refractivity contribution in [1.82, 2.24) is 0 Å². The van der Waals surface area contributed by atoms with E-state index < -0.39 is 11.9 Å². The van der Waals surface area contributed by atoms with E-state index in [1.165, 1.54) is 0 Å². The van der Waals surface area contributed by atoms with Gasteiger partial charge in [0.2, 0.25) is 5.91 Å². The molecule has 0 radical (unpaired) electrons. The molecular formula is C13H15NO3. The van der Waals surface area contributed by atoms with Crippen LogP contribution in [0.4, 0.5) is 5.69 Å². The minimum Gasteiger partial charge on any atom is -0.481 e. The van der Waals surface area contributed by atoms with Gasteiger partial charge < -0.3 is 10.0 Å². The van der Waals surface area contributed by atoms with Crippen LogP contribution >= 0.6 is 0 Å². The van der Waals surface area contributed by atoms with Gasteiger partial charge in [0.25, 0.3) is 0 Å². The van der Waals surface area contributed by atoms with Crippen LogP contribution in [-0.2, 0) is 9.59 Å². The van der Waals surface area contributed by atoms with E-state index in [0.29, 0.717) is 13.0 Å². The number of carboxylic acid groups (broad SMARTS) is 1. The average Bonchev–Trinajstić information content (AvgIpc) is 3.11. The van der Waals surface area contributed by atoms with Crippen LogP contribution in [0.3, 0.4) is 0 Å². The number of carbonyl (C=O) groups excluding carboxylic acids is 1. The molecule has 1 amide bonds. The Kier molecular flexibility index (Phi) is 3.13. The number of hydrogen-bond donors (Lipinski definition) is 1. The fourth-order valence-electron chi connectivity index (χ4n) is 2.01. The third-order valence-corrected chi connectivity index (χ3v) is 3.07. The number of carbonyl (C=O) groups is 2. The molecule has 90 valence electrons. The second-order valence-corrected chi connectivity index (χ2v) is 4.20. The van der Waals surface area contributed by atoms with E-state index in [9.17, 15) is 9.59 Å². The number of amides is 1. The van der Waals surface area contributed by atoms with Crippen LogP contribution in [0.15, 0.2) is 30.3 Å². The molecule has 0 aliphatic heterocycles. The molecule has 0 aromatic heterocycles. The SMILES string of the molecule is CCN(C(=O)[C@@H]1C[C@H]1C(=O)O)c1ccccc1. The van der Waals surface area contributed by atoms with Gasteiger partial charge in [-0.05, 0) is 25.5 Å². The first-order valence-corrected chi connectivity index (χ1v) is 5.74.